The predicted octanol–water partition coefficient (Wildman–Crippen LogP) is 1.61. The van der Waals surface area contributed by atoms with Gasteiger partial charge in [0.1, 0.15) is 0 Å². The molecule has 1 atom stereocenters. The third kappa shape index (κ3) is 4.38. The second-order valence-corrected chi connectivity index (χ2v) is 2.87. The van der Waals surface area contributed by atoms with E-state index in [-0.39, 0.29) is 0 Å². The van der Waals surface area contributed by atoms with E-state index in [0.29, 0.717) is 0 Å². The largest absolute Gasteiger partial charge is 0.384 e. The maximum atomic E-state index is 5.05. The number of likely N-dealkylation sites (tertiary alicyclic amines) is 1. The van der Waals surface area contributed by atoms with Crippen molar-refractivity contribution in [3.63, 3.8) is 0 Å². The van der Waals surface area contributed by atoms with Crippen molar-refractivity contribution in [3.8, 4) is 0 Å². The summed E-state index contributed by atoms with van der Waals surface area (Å²) in [5.41, 5.74) is 0. The maximum absolute atomic E-state index is 5.05. The van der Waals surface area contributed by atoms with E-state index in [9.17, 15) is 0 Å². The van der Waals surface area contributed by atoms with Gasteiger partial charge >= 0.3 is 0 Å². The smallest absolute Gasteiger partial charge is 0.0503 e. The van der Waals surface area contributed by atoms with Crippen LogP contribution < -0.4 is 0 Å². The highest BCUT2D eigenvalue weighted by atomic mass is 16.5. The number of ether oxygens (including phenoxy) is 1. The second kappa shape index (κ2) is 6.62. The summed E-state index contributed by atoms with van der Waals surface area (Å²) in [5.74, 6) is 0.792. The summed E-state index contributed by atoms with van der Waals surface area (Å²) in [4.78, 5) is 2.35. The van der Waals surface area contributed by atoms with Gasteiger partial charge < -0.3 is 9.64 Å². The van der Waals surface area contributed by atoms with E-state index in [0.717, 1.165) is 12.5 Å². The Labute approximate surface area is 70.5 Å². The standard InChI is InChI=1S/C7H15NO.C2H6/c1-8-4-3-7(5-8)6-9-2;1-2/h7H,3-6H2,1-2H3;1-2H3. The first-order chi connectivity index (χ1) is 5.33. The minimum atomic E-state index is 0.792. The van der Waals surface area contributed by atoms with Gasteiger partial charge in [-0.1, -0.05) is 13.8 Å². The fraction of sp³-hybridized carbons (Fsp3) is 1.00. The molecule has 1 unspecified atom stereocenters. The van der Waals surface area contributed by atoms with Crippen LogP contribution in [0.5, 0.6) is 0 Å². The van der Waals surface area contributed by atoms with Crippen LogP contribution in [0, 0.1) is 5.92 Å². The van der Waals surface area contributed by atoms with Gasteiger partial charge in [0.25, 0.3) is 0 Å². The molecular weight excluding hydrogens is 138 g/mol. The minimum Gasteiger partial charge on any atom is -0.384 e. The molecule has 11 heavy (non-hydrogen) atoms. The van der Waals surface area contributed by atoms with Crippen molar-refractivity contribution >= 4 is 0 Å². The molecule has 0 saturated carbocycles. The summed E-state index contributed by atoms with van der Waals surface area (Å²) in [7, 11) is 3.94. The Hall–Kier alpha value is -0.0800. The molecule has 1 aliphatic heterocycles. The SMILES string of the molecule is CC.COCC1CCN(C)C1. The van der Waals surface area contributed by atoms with Gasteiger partial charge in [-0.15, -0.1) is 0 Å². The Bertz CT molecular complexity index is 83.6. The molecule has 0 bridgehead atoms. The summed E-state index contributed by atoms with van der Waals surface area (Å²) in [5, 5.41) is 0. The Kier molecular flexibility index (Phi) is 6.57. The van der Waals surface area contributed by atoms with E-state index < -0.39 is 0 Å². The Morgan fingerprint density at radius 2 is 2.09 bits per heavy atom. The number of rotatable bonds is 2. The molecule has 1 heterocycles. The summed E-state index contributed by atoms with van der Waals surface area (Å²) >= 11 is 0. The molecule has 0 aromatic heterocycles. The third-order valence-corrected chi connectivity index (χ3v) is 1.89. The molecule has 0 N–H and O–H groups in total. The van der Waals surface area contributed by atoms with Crippen molar-refractivity contribution in [1.29, 1.82) is 0 Å². The average Bonchev–Trinajstić information content (AvgIpc) is 2.41. The van der Waals surface area contributed by atoms with Crippen LogP contribution >= 0.6 is 0 Å². The van der Waals surface area contributed by atoms with Crippen molar-refractivity contribution in [1.82, 2.24) is 4.90 Å². The lowest BCUT2D eigenvalue weighted by molar-refractivity contribution is 0.155. The predicted molar refractivity (Wildman–Crippen MR) is 48.8 cm³/mol. The van der Waals surface area contributed by atoms with Gasteiger partial charge in [0.2, 0.25) is 0 Å². The van der Waals surface area contributed by atoms with Crippen LogP contribution in [0.1, 0.15) is 20.3 Å². The molecule has 0 aromatic rings. The zero-order valence-electron chi connectivity index (χ0n) is 8.26. The fourth-order valence-electron chi connectivity index (χ4n) is 1.40. The van der Waals surface area contributed by atoms with E-state index >= 15 is 0 Å². The molecule has 0 spiro atoms. The lowest BCUT2D eigenvalue weighted by Gasteiger charge is -2.07. The topological polar surface area (TPSA) is 12.5 Å². The van der Waals surface area contributed by atoms with Crippen LogP contribution in [0.2, 0.25) is 0 Å². The second-order valence-electron chi connectivity index (χ2n) is 2.87. The van der Waals surface area contributed by atoms with Crippen LogP contribution in [-0.4, -0.2) is 38.8 Å². The highest BCUT2D eigenvalue weighted by Crippen LogP contribution is 2.13. The van der Waals surface area contributed by atoms with Crippen molar-refractivity contribution in [2.75, 3.05) is 33.9 Å². The van der Waals surface area contributed by atoms with Gasteiger partial charge in [-0.2, -0.15) is 0 Å². The first kappa shape index (κ1) is 10.9. The number of hydrogen-bond acceptors (Lipinski definition) is 2. The van der Waals surface area contributed by atoms with Gasteiger partial charge in [-0.05, 0) is 25.9 Å². The summed E-state index contributed by atoms with van der Waals surface area (Å²) < 4.78 is 5.05. The summed E-state index contributed by atoms with van der Waals surface area (Å²) in [6.45, 7) is 7.40. The van der Waals surface area contributed by atoms with Crippen molar-refractivity contribution < 1.29 is 4.74 Å². The number of methoxy groups -OCH3 is 1. The fourth-order valence-corrected chi connectivity index (χ4v) is 1.40. The number of nitrogens with zero attached hydrogens (tertiary/aromatic N) is 1. The first-order valence-corrected chi connectivity index (χ1v) is 4.50. The van der Waals surface area contributed by atoms with E-state index in [1.165, 1.54) is 19.5 Å². The van der Waals surface area contributed by atoms with E-state index in [1.807, 2.05) is 13.8 Å². The van der Waals surface area contributed by atoms with E-state index in [4.69, 9.17) is 4.74 Å². The molecule has 0 amide bonds. The Morgan fingerprint density at radius 3 is 2.45 bits per heavy atom. The molecule has 0 radical (unpaired) electrons. The molecule has 1 aliphatic rings. The van der Waals surface area contributed by atoms with Crippen LogP contribution in [0.25, 0.3) is 0 Å². The molecule has 1 rings (SSSR count). The molecule has 1 fully saturated rings. The van der Waals surface area contributed by atoms with Crippen molar-refractivity contribution in [2.45, 2.75) is 20.3 Å². The number of hydrogen-bond donors (Lipinski definition) is 0. The Balaban J connectivity index is 0.000000461. The minimum absolute atomic E-state index is 0.792. The maximum Gasteiger partial charge on any atom is 0.0503 e. The van der Waals surface area contributed by atoms with Crippen LogP contribution in [0.3, 0.4) is 0 Å². The molecule has 68 valence electrons. The zero-order chi connectivity index (χ0) is 8.69. The Morgan fingerprint density at radius 1 is 1.45 bits per heavy atom. The lowest BCUT2D eigenvalue weighted by atomic mass is 10.1. The first-order valence-electron chi connectivity index (χ1n) is 4.50. The van der Waals surface area contributed by atoms with Gasteiger partial charge in [0.05, 0.1) is 6.61 Å². The van der Waals surface area contributed by atoms with E-state index in [1.54, 1.807) is 7.11 Å². The summed E-state index contributed by atoms with van der Waals surface area (Å²) in [6.07, 6.45) is 1.31. The molecule has 2 heteroatoms. The van der Waals surface area contributed by atoms with Crippen molar-refractivity contribution in [3.05, 3.63) is 0 Å². The normalized spacial score (nSPS) is 24.5. The quantitative estimate of drug-likeness (QED) is 0.607. The van der Waals surface area contributed by atoms with Gasteiger partial charge in [-0.3, -0.25) is 0 Å². The van der Waals surface area contributed by atoms with Gasteiger partial charge in [0, 0.05) is 13.7 Å². The van der Waals surface area contributed by atoms with Crippen LogP contribution in [0.15, 0.2) is 0 Å². The molecule has 1 saturated heterocycles. The molecule has 0 aliphatic carbocycles. The van der Waals surface area contributed by atoms with Crippen LogP contribution in [0.4, 0.5) is 0 Å². The highest BCUT2D eigenvalue weighted by Gasteiger charge is 2.18. The van der Waals surface area contributed by atoms with Gasteiger partial charge in [0.15, 0.2) is 0 Å². The average molecular weight is 159 g/mol. The summed E-state index contributed by atoms with van der Waals surface area (Å²) in [6, 6.07) is 0. The monoisotopic (exact) mass is 159 g/mol. The van der Waals surface area contributed by atoms with E-state index in [2.05, 4.69) is 11.9 Å². The molecule has 0 aromatic carbocycles. The van der Waals surface area contributed by atoms with Gasteiger partial charge in [-0.25, -0.2) is 0 Å². The molecular formula is C9H21NO. The highest BCUT2D eigenvalue weighted by molar-refractivity contribution is 4.71. The zero-order valence-corrected chi connectivity index (χ0v) is 8.26. The lowest BCUT2D eigenvalue weighted by Crippen LogP contribution is -2.16. The van der Waals surface area contributed by atoms with Crippen LogP contribution in [-0.2, 0) is 4.74 Å². The van der Waals surface area contributed by atoms with Crippen molar-refractivity contribution in [2.24, 2.45) is 5.92 Å². The third-order valence-electron chi connectivity index (χ3n) is 1.89. The molecule has 2 nitrogen and oxygen atoms in total.